The zero-order valence-electron chi connectivity index (χ0n) is 11.4. The van der Waals surface area contributed by atoms with Gasteiger partial charge in [-0.05, 0) is 12.8 Å². The van der Waals surface area contributed by atoms with E-state index in [4.69, 9.17) is 5.11 Å². The molecule has 2 atom stereocenters. The molecule has 20 heavy (non-hydrogen) atoms. The molecule has 1 aliphatic rings. The molecule has 0 radical (unpaired) electrons. The minimum absolute atomic E-state index is 0.00520. The predicted molar refractivity (Wildman–Crippen MR) is 74.8 cm³/mol. The standard InChI is InChI=1S/C11H19NO6S2/c1-3-9-12(8(7-19-9)11(14)15)20(16,17)6-4-5-10(13)18-2/h8-9H,3-7H2,1-2H3,(H,14,15). The third kappa shape index (κ3) is 4.10. The van der Waals surface area contributed by atoms with Gasteiger partial charge in [0.15, 0.2) is 0 Å². The van der Waals surface area contributed by atoms with Crippen molar-refractivity contribution in [3.05, 3.63) is 0 Å². The summed E-state index contributed by atoms with van der Waals surface area (Å²) >= 11 is 1.33. The topological polar surface area (TPSA) is 101 Å². The van der Waals surface area contributed by atoms with Crippen LogP contribution in [0.2, 0.25) is 0 Å². The zero-order chi connectivity index (χ0) is 15.3. The fourth-order valence-corrected chi connectivity index (χ4v) is 5.69. The summed E-state index contributed by atoms with van der Waals surface area (Å²) < 4.78 is 30.1. The van der Waals surface area contributed by atoms with Gasteiger partial charge in [-0.25, -0.2) is 8.42 Å². The second kappa shape index (κ2) is 7.28. The average Bonchev–Trinajstić information content (AvgIpc) is 2.83. The molecule has 0 bridgehead atoms. The van der Waals surface area contributed by atoms with Crippen LogP contribution < -0.4 is 0 Å². The Labute approximate surface area is 122 Å². The molecule has 9 heteroatoms. The number of hydrogen-bond acceptors (Lipinski definition) is 6. The third-order valence-electron chi connectivity index (χ3n) is 3.00. The first kappa shape index (κ1) is 17.3. The van der Waals surface area contributed by atoms with E-state index in [2.05, 4.69) is 4.74 Å². The number of rotatable bonds is 7. The lowest BCUT2D eigenvalue weighted by Gasteiger charge is -2.25. The van der Waals surface area contributed by atoms with Gasteiger partial charge in [-0.15, -0.1) is 11.8 Å². The Morgan fingerprint density at radius 2 is 2.10 bits per heavy atom. The summed E-state index contributed by atoms with van der Waals surface area (Å²) in [6, 6.07) is -1.02. The van der Waals surface area contributed by atoms with E-state index in [1.54, 1.807) is 0 Å². The number of esters is 1. The quantitative estimate of drug-likeness (QED) is 0.680. The van der Waals surface area contributed by atoms with Gasteiger partial charge in [0.05, 0.1) is 18.2 Å². The monoisotopic (exact) mass is 325 g/mol. The summed E-state index contributed by atoms with van der Waals surface area (Å²) in [4.78, 5) is 22.1. The van der Waals surface area contributed by atoms with E-state index in [1.165, 1.54) is 18.9 Å². The van der Waals surface area contributed by atoms with Crippen LogP contribution in [-0.4, -0.2) is 59.8 Å². The van der Waals surface area contributed by atoms with E-state index in [0.29, 0.717) is 6.42 Å². The van der Waals surface area contributed by atoms with Crippen molar-refractivity contribution in [3.8, 4) is 0 Å². The lowest BCUT2D eigenvalue weighted by atomic mass is 10.3. The highest BCUT2D eigenvalue weighted by molar-refractivity contribution is 8.01. The first-order chi connectivity index (χ1) is 9.33. The van der Waals surface area contributed by atoms with Crippen molar-refractivity contribution in [3.63, 3.8) is 0 Å². The van der Waals surface area contributed by atoms with Crippen molar-refractivity contribution in [2.75, 3.05) is 18.6 Å². The first-order valence-corrected chi connectivity index (χ1v) is 8.91. The molecule has 1 aliphatic heterocycles. The van der Waals surface area contributed by atoms with Crippen LogP contribution in [0.15, 0.2) is 0 Å². The molecule has 0 amide bonds. The molecular formula is C11H19NO6S2. The van der Waals surface area contributed by atoms with Gasteiger partial charge in [-0.3, -0.25) is 9.59 Å². The van der Waals surface area contributed by atoms with Crippen molar-refractivity contribution >= 4 is 33.7 Å². The highest BCUT2D eigenvalue weighted by atomic mass is 32.2. The van der Waals surface area contributed by atoms with Crippen molar-refractivity contribution in [2.24, 2.45) is 0 Å². The Bertz CT molecular complexity index is 464. The minimum Gasteiger partial charge on any atom is -0.480 e. The fourth-order valence-electron chi connectivity index (χ4n) is 2.01. The van der Waals surface area contributed by atoms with E-state index in [-0.39, 0.29) is 29.7 Å². The minimum atomic E-state index is -3.70. The summed E-state index contributed by atoms with van der Waals surface area (Å²) in [7, 11) is -2.46. The predicted octanol–water partition coefficient (Wildman–Crippen LogP) is 0.508. The molecule has 0 aromatic heterocycles. The highest BCUT2D eigenvalue weighted by Crippen LogP contribution is 2.34. The second-order valence-electron chi connectivity index (χ2n) is 4.38. The number of sulfonamides is 1. The molecule has 7 nitrogen and oxygen atoms in total. The van der Waals surface area contributed by atoms with Gasteiger partial charge in [0.25, 0.3) is 0 Å². The van der Waals surface area contributed by atoms with Gasteiger partial charge in [0, 0.05) is 12.2 Å². The largest absolute Gasteiger partial charge is 0.480 e. The smallest absolute Gasteiger partial charge is 0.322 e. The Balaban J connectivity index is 2.76. The number of hydrogen-bond donors (Lipinski definition) is 1. The highest BCUT2D eigenvalue weighted by Gasteiger charge is 2.44. The molecule has 116 valence electrons. The van der Waals surface area contributed by atoms with E-state index in [9.17, 15) is 18.0 Å². The molecule has 0 spiro atoms. The number of nitrogens with zero attached hydrogens (tertiary/aromatic N) is 1. The molecule has 1 fully saturated rings. The third-order valence-corrected chi connectivity index (χ3v) is 6.55. The lowest BCUT2D eigenvalue weighted by molar-refractivity contribution is -0.141. The van der Waals surface area contributed by atoms with Crippen LogP contribution in [0.1, 0.15) is 26.2 Å². The van der Waals surface area contributed by atoms with Crippen LogP contribution in [0, 0.1) is 0 Å². The zero-order valence-corrected chi connectivity index (χ0v) is 13.1. The number of carbonyl (C=O) groups excluding carboxylic acids is 1. The van der Waals surface area contributed by atoms with Gasteiger partial charge in [-0.1, -0.05) is 6.92 Å². The van der Waals surface area contributed by atoms with Crippen LogP contribution >= 0.6 is 11.8 Å². The molecule has 1 saturated heterocycles. The van der Waals surface area contributed by atoms with Crippen LogP contribution in [0.3, 0.4) is 0 Å². The van der Waals surface area contributed by atoms with Gasteiger partial charge in [0.2, 0.25) is 10.0 Å². The number of aliphatic carboxylic acids is 1. The lowest BCUT2D eigenvalue weighted by Crippen LogP contribution is -2.46. The molecule has 1 rings (SSSR count). The molecule has 1 N–H and O–H groups in total. The molecule has 2 unspecified atom stereocenters. The van der Waals surface area contributed by atoms with Crippen molar-refractivity contribution in [1.82, 2.24) is 4.31 Å². The van der Waals surface area contributed by atoms with Gasteiger partial charge in [0.1, 0.15) is 6.04 Å². The SMILES string of the molecule is CCC1SCC(C(=O)O)N1S(=O)(=O)CCCC(=O)OC. The summed E-state index contributed by atoms with van der Waals surface area (Å²) in [5.74, 6) is -1.60. The number of carboxylic acids is 1. The van der Waals surface area contributed by atoms with Crippen LogP contribution in [0.5, 0.6) is 0 Å². The molecular weight excluding hydrogens is 306 g/mol. The van der Waals surface area contributed by atoms with Crippen molar-refractivity contribution < 1.29 is 27.9 Å². The van der Waals surface area contributed by atoms with E-state index < -0.39 is 28.0 Å². The molecule has 0 aliphatic carbocycles. The van der Waals surface area contributed by atoms with Gasteiger partial charge in [-0.2, -0.15) is 4.31 Å². The number of ether oxygens (including phenoxy) is 1. The number of carbonyl (C=O) groups is 2. The van der Waals surface area contributed by atoms with Crippen LogP contribution in [0.4, 0.5) is 0 Å². The van der Waals surface area contributed by atoms with Gasteiger partial charge < -0.3 is 9.84 Å². The van der Waals surface area contributed by atoms with Crippen LogP contribution in [0.25, 0.3) is 0 Å². The number of thioether (sulfide) groups is 1. The van der Waals surface area contributed by atoms with E-state index in [0.717, 1.165) is 4.31 Å². The average molecular weight is 325 g/mol. The molecule has 1 heterocycles. The van der Waals surface area contributed by atoms with Crippen molar-refractivity contribution in [2.45, 2.75) is 37.6 Å². The Hall–Kier alpha value is -0.800. The van der Waals surface area contributed by atoms with Crippen molar-refractivity contribution in [1.29, 1.82) is 0 Å². The molecule has 0 aromatic rings. The maximum atomic E-state index is 12.3. The summed E-state index contributed by atoms with van der Waals surface area (Å²) in [5, 5.41) is 8.77. The second-order valence-corrected chi connectivity index (χ2v) is 7.58. The van der Waals surface area contributed by atoms with E-state index >= 15 is 0 Å². The molecule has 0 saturated carbocycles. The summed E-state index contributed by atoms with van der Waals surface area (Å²) in [6.45, 7) is 1.82. The first-order valence-electron chi connectivity index (χ1n) is 6.26. The normalized spacial score (nSPS) is 23.7. The summed E-state index contributed by atoms with van der Waals surface area (Å²) in [6.07, 6.45) is 0.675. The maximum Gasteiger partial charge on any atom is 0.322 e. The Morgan fingerprint density at radius 1 is 1.45 bits per heavy atom. The fraction of sp³-hybridized carbons (Fsp3) is 0.818. The number of carboxylic acid groups (broad SMARTS) is 1. The number of methoxy groups -OCH3 is 1. The van der Waals surface area contributed by atoms with Gasteiger partial charge >= 0.3 is 11.9 Å². The Morgan fingerprint density at radius 3 is 2.60 bits per heavy atom. The molecule has 0 aromatic carbocycles. The summed E-state index contributed by atoms with van der Waals surface area (Å²) in [5.41, 5.74) is 0. The van der Waals surface area contributed by atoms with E-state index in [1.807, 2.05) is 6.92 Å². The maximum absolute atomic E-state index is 12.3. The Kier molecular flexibility index (Phi) is 6.28. The van der Waals surface area contributed by atoms with Crippen LogP contribution in [-0.2, 0) is 24.3 Å².